The topological polar surface area (TPSA) is 78.3 Å². The Kier molecular flexibility index (Phi) is 4.18. The fourth-order valence-electron chi connectivity index (χ4n) is 1.43. The molecule has 0 heterocycles. The van der Waals surface area contributed by atoms with Crippen LogP contribution in [0.2, 0.25) is 0 Å². The molecule has 1 atom stereocenters. The number of esters is 1. The number of benzene rings is 1. The molecule has 0 bridgehead atoms. The third-order valence-corrected chi connectivity index (χ3v) is 2.42. The Morgan fingerprint density at radius 2 is 2.06 bits per heavy atom. The van der Waals surface area contributed by atoms with Gasteiger partial charge in [-0.05, 0) is 17.7 Å². The van der Waals surface area contributed by atoms with E-state index in [4.69, 9.17) is 11.5 Å². The molecule has 7 heteroatoms. The summed E-state index contributed by atoms with van der Waals surface area (Å²) in [4.78, 5) is 11.1. The van der Waals surface area contributed by atoms with Gasteiger partial charge in [-0.3, -0.25) is 4.79 Å². The number of methoxy groups -OCH3 is 1. The average molecular weight is 262 g/mol. The summed E-state index contributed by atoms with van der Waals surface area (Å²) in [7, 11) is 1.18. The summed E-state index contributed by atoms with van der Waals surface area (Å²) in [5.74, 6) is -0.644. The van der Waals surface area contributed by atoms with Crippen LogP contribution in [-0.4, -0.2) is 19.1 Å². The quantitative estimate of drug-likeness (QED) is 0.636. The van der Waals surface area contributed by atoms with Gasteiger partial charge in [0.2, 0.25) is 0 Å². The van der Waals surface area contributed by atoms with E-state index < -0.39 is 23.8 Å². The minimum atomic E-state index is -4.45. The van der Waals surface area contributed by atoms with Crippen molar-refractivity contribution in [2.75, 3.05) is 12.8 Å². The summed E-state index contributed by atoms with van der Waals surface area (Å²) in [5.41, 5.74) is 10.5. The zero-order valence-electron chi connectivity index (χ0n) is 9.62. The van der Waals surface area contributed by atoms with Crippen LogP contribution in [-0.2, 0) is 22.1 Å². The third kappa shape index (κ3) is 3.36. The van der Waals surface area contributed by atoms with Crippen molar-refractivity contribution in [2.45, 2.75) is 18.6 Å². The molecule has 0 aliphatic heterocycles. The Balaban J connectivity index is 2.90. The Morgan fingerprint density at radius 3 is 2.50 bits per heavy atom. The van der Waals surface area contributed by atoms with Crippen LogP contribution in [0, 0.1) is 0 Å². The fourth-order valence-corrected chi connectivity index (χ4v) is 1.43. The van der Waals surface area contributed by atoms with Crippen LogP contribution in [0.15, 0.2) is 18.2 Å². The first-order chi connectivity index (χ1) is 8.25. The van der Waals surface area contributed by atoms with Gasteiger partial charge in [0, 0.05) is 12.1 Å². The Hall–Kier alpha value is -1.76. The van der Waals surface area contributed by atoms with Crippen LogP contribution in [0.5, 0.6) is 0 Å². The fraction of sp³-hybridized carbons (Fsp3) is 0.364. The van der Waals surface area contributed by atoms with Gasteiger partial charge in [0.05, 0.1) is 12.7 Å². The first kappa shape index (κ1) is 14.3. The van der Waals surface area contributed by atoms with Crippen molar-refractivity contribution in [3.8, 4) is 0 Å². The average Bonchev–Trinajstić information content (AvgIpc) is 2.29. The van der Waals surface area contributed by atoms with Crippen molar-refractivity contribution in [2.24, 2.45) is 5.73 Å². The number of hydrogen-bond donors (Lipinski definition) is 2. The molecule has 4 N–H and O–H groups in total. The Bertz CT molecular complexity index is 446. The van der Waals surface area contributed by atoms with Gasteiger partial charge in [0.15, 0.2) is 0 Å². The van der Waals surface area contributed by atoms with Crippen molar-refractivity contribution in [3.63, 3.8) is 0 Å². The number of hydrogen-bond acceptors (Lipinski definition) is 4. The normalized spacial score (nSPS) is 13.2. The van der Waals surface area contributed by atoms with Crippen molar-refractivity contribution in [1.29, 1.82) is 0 Å². The molecule has 0 saturated heterocycles. The van der Waals surface area contributed by atoms with E-state index in [1.165, 1.54) is 13.2 Å². The number of carbonyl (C=O) groups excluding carboxylic acids is 1. The molecular formula is C11H13F3N2O2. The highest BCUT2D eigenvalue weighted by Crippen LogP contribution is 2.31. The molecule has 0 saturated carbocycles. The number of nitrogen functional groups attached to an aromatic ring is 1. The second-order valence-corrected chi connectivity index (χ2v) is 3.75. The molecule has 1 rings (SSSR count). The first-order valence-corrected chi connectivity index (χ1v) is 5.04. The molecule has 0 spiro atoms. The van der Waals surface area contributed by atoms with Crippen LogP contribution in [0.4, 0.5) is 18.9 Å². The van der Waals surface area contributed by atoms with Gasteiger partial charge < -0.3 is 16.2 Å². The van der Waals surface area contributed by atoms with Gasteiger partial charge in [0.25, 0.3) is 0 Å². The van der Waals surface area contributed by atoms with Crippen LogP contribution < -0.4 is 11.5 Å². The molecule has 1 aromatic rings. The lowest BCUT2D eigenvalue weighted by molar-refractivity contribution is -0.142. The number of alkyl halides is 3. The van der Waals surface area contributed by atoms with Gasteiger partial charge >= 0.3 is 12.1 Å². The Labute approximate surface area is 102 Å². The molecule has 100 valence electrons. The smallest absolute Gasteiger partial charge is 0.416 e. The number of carbonyl (C=O) groups is 1. The maximum Gasteiger partial charge on any atom is 0.416 e. The van der Waals surface area contributed by atoms with E-state index in [-0.39, 0.29) is 12.1 Å². The van der Waals surface area contributed by atoms with Gasteiger partial charge in [-0.25, -0.2) is 0 Å². The van der Waals surface area contributed by atoms with Gasteiger partial charge in [-0.2, -0.15) is 13.2 Å². The van der Waals surface area contributed by atoms with Crippen molar-refractivity contribution < 1.29 is 22.7 Å². The first-order valence-electron chi connectivity index (χ1n) is 5.04. The SMILES string of the molecule is COC(=O)[C@@H](N)Cc1ccc(C(F)(F)F)cc1N. The molecule has 0 radical (unpaired) electrons. The molecule has 0 unspecified atom stereocenters. The highest BCUT2D eigenvalue weighted by Gasteiger charge is 2.31. The number of halogens is 3. The highest BCUT2D eigenvalue weighted by atomic mass is 19.4. The molecule has 0 amide bonds. The highest BCUT2D eigenvalue weighted by molar-refractivity contribution is 5.76. The summed E-state index contributed by atoms with van der Waals surface area (Å²) in [5, 5.41) is 0. The van der Waals surface area contributed by atoms with E-state index in [1.807, 2.05) is 0 Å². The Morgan fingerprint density at radius 1 is 1.44 bits per heavy atom. The monoisotopic (exact) mass is 262 g/mol. The van der Waals surface area contributed by atoms with Crippen LogP contribution >= 0.6 is 0 Å². The number of ether oxygens (including phenoxy) is 1. The van der Waals surface area contributed by atoms with E-state index >= 15 is 0 Å². The summed E-state index contributed by atoms with van der Waals surface area (Å²) in [6.45, 7) is 0. The zero-order chi connectivity index (χ0) is 13.9. The van der Waals surface area contributed by atoms with Gasteiger partial charge in [-0.15, -0.1) is 0 Å². The number of rotatable bonds is 3. The van der Waals surface area contributed by atoms with E-state index in [1.54, 1.807) is 0 Å². The second-order valence-electron chi connectivity index (χ2n) is 3.75. The summed E-state index contributed by atoms with van der Waals surface area (Å²) in [6.07, 6.45) is -4.42. The lowest BCUT2D eigenvalue weighted by Crippen LogP contribution is -2.33. The minimum Gasteiger partial charge on any atom is -0.468 e. The molecular weight excluding hydrogens is 249 g/mol. The van der Waals surface area contributed by atoms with Crippen molar-refractivity contribution >= 4 is 11.7 Å². The van der Waals surface area contributed by atoms with Crippen LogP contribution in [0.25, 0.3) is 0 Å². The molecule has 1 aromatic carbocycles. The largest absolute Gasteiger partial charge is 0.468 e. The molecule has 0 aliphatic carbocycles. The van der Waals surface area contributed by atoms with Crippen molar-refractivity contribution in [3.05, 3.63) is 29.3 Å². The standard InChI is InChI=1S/C11H13F3N2O2/c1-18-10(17)9(16)4-6-2-3-7(5-8(6)15)11(12,13)14/h2-3,5,9H,4,15-16H2,1H3/t9-/m0/s1. The van der Waals surface area contributed by atoms with Crippen molar-refractivity contribution in [1.82, 2.24) is 0 Å². The molecule has 0 aromatic heterocycles. The molecule has 4 nitrogen and oxygen atoms in total. The maximum absolute atomic E-state index is 12.4. The van der Waals surface area contributed by atoms with E-state index in [9.17, 15) is 18.0 Å². The second kappa shape index (κ2) is 5.26. The van der Waals surface area contributed by atoms with E-state index in [2.05, 4.69) is 4.74 Å². The predicted molar refractivity (Wildman–Crippen MR) is 59.6 cm³/mol. The van der Waals surface area contributed by atoms with Crippen LogP contribution in [0.1, 0.15) is 11.1 Å². The predicted octanol–water partition coefficient (Wildman–Crippen LogP) is 1.33. The van der Waals surface area contributed by atoms with Gasteiger partial charge in [0.1, 0.15) is 6.04 Å². The summed E-state index contributed by atoms with van der Waals surface area (Å²) < 4.78 is 41.6. The zero-order valence-corrected chi connectivity index (χ0v) is 9.62. The third-order valence-electron chi connectivity index (χ3n) is 2.42. The molecule has 0 aliphatic rings. The lowest BCUT2D eigenvalue weighted by Gasteiger charge is -2.13. The number of anilines is 1. The van der Waals surface area contributed by atoms with E-state index in [0.717, 1.165) is 12.1 Å². The van der Waals surface area contributed by atoms with Gasteiger partial charge in [-0.1, -0.05) is 6.07 Å². The lowest BCUT2D eigenvalue weighted by atomic mass is 10.0. The summed E-state index contributed by atoms with van der Waals surface area (Å²) >= 11 is 0. The maximum atomic E-state index is 12.4. The summed E-state index contributed by atoms with van der Waals surface area (Å²) in [6, 6.07) is 1.98. The molecule has 0 fully saturated rings. The molecule has 18 heavy (non-hydrogen) atoms. The minimum absolute atomic E-state index is 0.0244. The van der Waals surface area contributed by atoms with Crippen LogP contribution in [0.3, 0.4) is 0 Å². The van der Waals surface area contributed by atoms with E-state index in [0.29, 0.717) is 5.56 Å². The number of nitrogens with two attached hydrogens (primary N) is 2.